The van der Waals surface area contributed by atoms with Crippen molar-refractivity contribution in [1.82, 2.24) is 14.9 Å². The van der Waals surface area contributed by atoms with Crippen LogP contribution in [0.5, 0.6) is 0 Å². The maximum atomic E-state index is 12.3. The van der Waals surface area contributed by atoms with E-state index >= 15 is 0 Å². The van der Waals surface area contributed by atoms with E-state index in [-0.39, 0.29) is 17.1 Å². The molecule has 7 heteroatoms. The molecule has 0 saturated carbocycles. The monoisotopic (exact) mass is 357 g/mol. The Hall–Kier alpha value is -2.12. The summed E-state index contributed by atoms with van der Waals surface area (Å²) < 4.78 is 2.08. The topological polar surface area (TPSA) is 64.0 Å². The van der Waals surface area contributed by atoms with Crippen molar-refractivity contribution in [2.45, 2.75) is 12.5 Å². The second kappa shape index (κ2) is 6.07. The number of hydrogen-bond acceptors (Lipinski definition) is 5. The van der Waals surface area contributed by atoms with Crippen LogP contribution < -0.4 is 5.32 Å². The van der Waals surface area contributed by atoms with Gasteiger partial charge in [0.15, 0.2) is 0 Å². The molecule has 1 N–H and O–H groups in total. The molecular formula is C17H15N3O2S2. The summed E-state index contributed by atoms with van der Waals surface area (Å²) in [7, 11) is 1.99. The van der Waals surface area contributed by atoms with Crippen LogP contribution in [-0.2, 0) is 11.8 Å². The summed E-state index contributed by atoms with van der Waals surface area (Å²) in [5.41, 5.74) is 2.47. The Kier molecular flexibility index (Phi) is 3.90. The number of carbonyl (C=O) groups excluding carboxylic acids is 2. The van der Waals surface area contributed by atoms with Crippen molar-refractivity contribution >= 4 is 45.0 Å². The molecule has 0 radical (unpaired) electrons. The van der Waals surface area contributed by atoms with Crippen molar-refractivity contribution in [3.8, 4) is 10.7 Å². The predicted molar refractivity (Wildman–Crippen MR) is 97.4 cm³/mol. The van der Waals surface area contributed by atoms with Gasteiger partial charge < -0.3 is 9.88 Å². The molecule has 1 saturated heterocycles. The molecule has 3 heterocycles. The van der Waals surface area contributed by atoms with Crippen LogP contribution in [-0.4, -0.2) is 32.4 Å². The van der Waals surface area contributed by atoms with Crippen molar-refractivity contribution in [3.63, 3.8) is 0 Å². The highest BCUT2D eigenvalue weighted by atomic mass is 32.2. The van der Waals surface area contributed by atoms with E-state index in [0.29, 0.717) is 12.1 Å². The minimum absolute atomic E-state index is 0.0347. The molecule has 24 heavy (non-hydrogen) atoms. The Morgan fingerprint density at radius 1 is 1.38 bits per heavy atom. The summed E-state index contributed by atoms with van der Waals surface area (Å²) in [6, 6.07) is 9.82. The largest absolute Gasteiger partial charge is 0.342 e. The van der Waals surface area contributed by atoms with Crippen LogP contribution in [0.1, 0.15) is 16.9 Å². The fourth-order valence-corrected chi connectivity index (χ4v) is 4.63. The molecule has 1 unspecified atom stereocenters. The Balaban J connectivity index is 1.60. The third-order valence-electron chi connectivity index (χ3n) is 4.15. The highest BCUT2D eigenvalue weighted by Crippen LogP contribution is 2.29. The Labute approximate surface area is 147 Å². The van der Waals surface area contributed by atoms with Crippen molar-refractivity contribution in [2.24, 2.45) is 7.05 Å². The van der Waals surface area contributed by atoms with Crippen LogP contribution in [0.15, 0.2) is 35.7 Å². The molecule has 1 aliphatic rings. The van der Waals surface area contributed by atoms with Gasteiger partial charge in [0.05, 0.1) is 11.7 Å². The second-order valence-electron chi connectivity index (χ2n) is 5.67. The first-order valence-corrected chi connectivity index (χ1v) is 9.48. The van der Waals surface area contributed by atoms with Gasteiger partial charge in [-0.3, -0.25) is 9.59 Å². The van der Waals surface area contributed by atoms with Crippen molar-refractivity contribution in [3.05, 3.63) is 41.4 Å². The van der Waals surface area contributed by atoms with E-state index in [1.165, 1.54) is 23.1 Å². The van der Waals surface area contributed by atoms with Crippen LogP contribution in [0, 0.1) is 0 Å². The molecular weight excluding hydrogens is 342 g/mol. The van der Waals surface area contributed by atoms with Crippen LogP contribution in [0.4, 0.5) is 0 Å². The van der Waals surface area contributed by atoms with Crippen molar-refractivity contribution in [1.29, 1.82) is 0 Å². The summed E-state index contributed by atoms with van der Waals surface area (Å²) in [5.74, 6) is 0.485. The molecule has 0 spiro atoms. The lowest BCUT2D eigenvalue weighted by molar-refractivity contribution is -0.112. The van der Waals surface area contributed by atoms with Gasteiger partial charge in [0.2, 0.25) is 5.12 Å². The number of benzene rings is 1. The zero-order chi connectivity index (χ0) is 16.7. The minimum Gasteiger partial charge on any atom is -0.342 e. The molecule has 4 rings (SSSR count). The van der Waals surface area contributed by atoms with E-state index in [1.807, 2.05) is 19.2 Å². The Morgan fingerprint density at radius 3 is 2.96 bits per heavy atom. The number of para-hydroxylation sites is 1. The number of hydrogen-bond donors (Lipinski definition) is 1. The van der Waals surface area contributed by atoms with Gasteiger partial charge in [-0.2, -0.15) is 0 Å². The number of aryl methyl sites for hydroxylation is 1. The van der Waals surface area contributed by atoms with Crippen LogP contribution in [0.2, 0.25) is 0 Å². The van der Waals surface area contributed by atoms with Gasteiger partial charge in [0, 0.05) is 29.1 Å². The summed E-state index contributed by atoms with van der Waals surface area (Å²) >= 11 is 2.71. The zero-order valence-electron chi connectivity index (χ0n) is 13.0. The Morgan fingerprint density at radius 2 is 2.21 bits per heavy atom. The first-order chi connectivity index (χ1) is 11.6. The van der Waals surface area contributed by atoms with E-state index in [2.05, 4.69) is 33.1 Å². The molecule has 0 aliphatic carbocycles. The number of rotatable bonds is 3. The lowest BCUT2D eigenvalue weighted by Crippen LogP contribution is -2.37. The summed E-state index contributed by atoms with van der Waals surface area (Å²) in [5, 5.41) is 6.50. The highest BCUT2D eigenvalue weighted by Gasteiger charge is 2.28. The van der Waals surface area contributed by atoms with E-state index in [4.69, 9.17) is 0 Å². The smallest absolute Gasteiger partial charge is 0.271 e. The van der Waals surface area contributed by atoms with E-state index in [0.717, 1.165) is 27.4 Å². The molecule has 1 amide bonds. The SMILES string of the molecule is Cn1c(-c2nc(C(=O)NC3CCSC3=O)cs2)cc2ccccc21. The molecule has 122 valence electrons. The maximum absolute atomic E-state index is 12.3. The third kappa shape index (κ3) is 2.63. The van der Waals surface area contributed by atoms with Crippen LogP contribution in [0.25, 0.3) is 21.6 Å². The van der Waals surface area contributed by atoms with Gasteiger partial charge >= 0.3 is 0 Å². The number of amides is 1. The minimum atomic E-state index is -0.384. The lowest BCUT2D eigenvalue weighted by atomic mass is 10.2. The highest BCUT2D eigenvalue weighted by molar-refractivity contribution is 8.14. The quantitative estimate of drug-likeness (QED) is 0.782. The summed E-state index contributed by atoms with van der Waals surface area (Å²) in [4.78, 5) is 28.4. The van der Waals surface area contributed by atoms with Gasteiger partial charge in [-0.15, -0.1) is 11.3 Å². The predicted octanol–water partition coefficient (Wildman–Crippen LogP) is 3.06. The van der Waals surface area contributed by atoms with E-state index in [9.17, 15) is 9.59 Å². The molecule has 1 fully saturated rings. The molecule has 2 aromatic heterocycles. The second-order valence-corrected chi connectivity index (χ2v) is 7.62. The first kappa shape index (κ1) is 15.4. The molecule has 1 aliphatic heterocycles. The fourth-order valence-electron chi connectivity index (χ4n) is 2.85. The lowest BCUT2D eigenvalue weighted by Gasteiger charge is -2.08. The molecule has 1 atom stereocenters. The van der Waals surface area contributed by atoms with E-state index < -0.39 is 0 Å². The number of thiazole rings is 1. The zero-order valence-corrected chi connectivity index (χ0v) is 14.6. The molecule has 3 aromatic rings. The van der Waals surface area contributed by atoms with Gasteiger partial charge in [-0.05, 0) is 18.6 Å². The van der Waals surface area contributed by atoms with Crippen molar-refractivity contribution in [2.75, 3.05) is 5.75 Å². The number of thioether (sulfide) groups is 1. The number of carbonyl (C=O) groups is 2. The summed E-state index contributed by atoms with van der Waals surface area (Å²) in [6.07, 6.45) is 0.690. The summed E-state index contributed by atoms with van der Waals surface area (Å²) in [6.45, 7) is 0. The third-order valence-corrected chi connectivity index (χ3v) is 6.02. The maximum Gasteiger partial charge on any atom is 0.271 e. The molecule has 0 bridgehead atoms. The average molecular weight is 357 g/mol. The van der Waals surface area contributed by atoms with Crippen molar-refractivity contribution < 1.29 is 9.59 Å². The Bertz CT molecular complexity index is 944. The molecule has 1 aromatic carbocycles. The average Bonchev–Trinajstić information content (AvgIpc) is 3.28. The normalized spacial score (nSPS) is 17.5. The number of nitrogens with one attached hydrogen (secondary N) is 1. The standard InChI is InChI=1S/C17H15N3O2S2/c1-20-13-5-3-2-4-10(13)8-14(20)16-19-12(9-24-16)15(21)18-11-6-7-23-17(11)22/h2-5,8-9,11H,6-7H2,1H3,(H,18,21). The first-order valence-electron chi connectivity index (χ1n) is 7.61. The molecule has 5 nitrogen and oxygen atoms in total. The van der Waals surface area contributed by atoms with E-state index in [1.54, 1.807) is 5.38 Å². The van der Waals surface area contributed by atoms with Gasteiger partial charge in [0.1, 0.15) is 10.7 Å². The van der Waals surface area contributed by atoms with Crippen LogP contribution >= 0.6 is 23.1 Å². The fraction of sp³-hybridized carbons (Fsp3) is 0.235. The van der Waals surface area contributed by atoms with Gasteiger partial charge in [0.25, 0.3) is 5.91 Å². The number of fused-ring (bicyclic) bond motifs is 1. The number of nitrogens with zero attached hydrogens (tertiary/aromatic N) is 2. The van der Waals surface area contributed by atoms with Gasteiger partial charge in [-0.25, -0.2) is 4.98 Å². The number of aromatic nitrogens is 2. The van der Waals surface area contributed by atoms with Crippen LogP contribution in [0.3, 0.4) is 0 Å². The van der Waals surface area contributed by atoms with Gasteiger partial charge in [-0.1, -0.05) is 30.0 Å².